The Kier molecular flexibility index (Phi) is 5.61. The Morgan fingerprint density at radius 2 is 1.81 bits per heavy atom. The van der Waals surface area contributed by atoms with Gasteiger partial charge in [-0.2, -0.15) is 13.2 Å². The first-order chi connectivity index (χ1) is 9.54. The maximum atomic E-state index is 13.0. The van der Waals surface area contributed by atoms with Gasteiger partial charge in [-0.25, -0.2) is 0 Å². The summed E-state index contributed by atoms with van der Waals surface area (Å²) in [6.45, 7) is 8.88. The van der Waals surface area contributed by atoms with Gasteiger partial charge in [0.1, 0.15) is 4.99 Å². The Morgan fingerprint density at radius 3 is 2.19 bits per heavy atom. The van der Waals surface area contributed by atoms with Crippen molar-refractivity contribution >= 4 is 22.9 Å². The Bertz CT molecular complexity index is 510. The third-order valence-electron chi connectivity index (χ3n) is 3.09. The van der Waals surface area contributed by atoms with Crippen molar-refractivity contribution in [2.45, 2.75) is 39.9 Å². The summed E-state index contributed by atoms with van der Waals surface area (Å²) in [6.07, 6.45) is -4.46. The molecular weight excluding hydrogens is 297 g/mol. The van der Waals surface area contributed by atoms with Crippen LogP contribution in [0.4, 0.5) is 18.9 Å². The number of nitrogens with two attached hydrogens (primary N) is 1. The summed E-state index contributed by atoms with van der Waals surface area (Å²) in [7, 11) is 0. The molecule has 0 saturated heterocycles. The molecule has 0 atom stereocenters. The van der Waals surface area contributed by atoms with Crippen molar-refractivity contribution < 1.29 is 13.2 Å². The molecule has 0 radical (unpaired) electrons. The summed E-state index contributed by atoms with van der Waals surface area (Å²) < 4.78 is 38.9. The Balaban J connectivity index is 3.33. The minimum atomic E-state index is -4.46. The summed E-state index contributed by atoms with van der Waals surface area (Å²) >= 11 is 4.78. The lowest BCUT2D eigenvalue weighted by molar-refractivity contribution is -0.137. The van der Waals surface area contributed by atoms with Crippen LogP contribution in [0.25, 0.3) is 0 Å². The van der Waals surface area contributed by atoms with E-state index in [2.05, 4.69) is 13.8 Å². The first kappa shape index (κ1) is 17.8. The van der Waals surface area contributed by atoms with E-state index in [0.717, 1.165) is 12.6 Å². The Morgan fingerprint density at radius 1 is 1.24 bits per heavy atom. The second-order valence-corrected chi connectivity index (χ2v) is 6.17. The highest BCUT2D eigenvalue weighted by atomic mass is 32.1. The predicted molar refractivity (Wildman–Crippen MR) is 84.7 cm³/mol. The van der Waals surface area contributed by atoms with E-state index in [1.807, 2.05) is 18.7 Å². The fourth-order valence-corrected chi connectivity index (χ4v) is 2.34. The number of alkyl halides is 3. The molecule has 0 unspecified atom stereocenters. The Hall–Kier alpha value is -1.30. The van der Waals surface area contributed by atoms with Gasteiger partial charge in [0.25, 0.3) is 0 Å². The second-order valence-electron chi connectivity index (χ2n) is 5.73. The van der Waals surface area contributed by atoms with E-state index in [4.69, 9.17) is 18.0 Å². The molecule has 0 aliphatic heterocycles. The number of nitrogens with zero attached hydrogens (tertiary/aromatic N) is 1. The molecule has 21 heavy (non-hydrogen) atoms. The molecule has 2 nitrogen and oxygen atoms in total. The summed E-state index contributed by atoms with van der Waals surface area (Å²) in [5, 5.41) is 0. The number of hydrogen-bond acceptors (Lipinski definition) is 2. The molecule has 2 N–H and O–H groups in total. The van der Waals surface area contributed by atoms with Crippen molar-refractivity contribution in [1.29, 1.82) is 0 Å². The van der Waals surface area contributed by atoms with Crippen molar-refractivity contribution in [3.8, 4) is 0 Å². The molecule has 1 rings (SSSR count). The lowest BCUT2D eigenvalue weighted by atomic mass is 10.0. The van der Waals surface area contributed by atoms with Crippen LogP contribution < -0.4 is 10.6 Å². The monoisotopic (exact) mass is 318 g/mol. The fourth-order valence-electron chi connectivity index (χ4n) is 2.17. The highest BCUT2D eigenvalue weighted by Crippen LogP contribution is 2.34. The van der Waals surface area contributed by atoms with E-state index in [1.165, 1.54) is 12.1 Å². The highest BCUT2D eigenvalue weighted by molar-refractivity contribution is 7.80. The summed E-state index contributed by atoms with van der Waals surface area (Å²) in [4.78, 5) is 1.81. The number of thiocarbonyl (C=S) groups is 1. The first-order valence-electron chi connectivity index (χ1n) is 6.81. The molecule has 6 heteroatoms. The second kappa shape index (κ2) is 6.64. The van der Waals surface area contributed by atoms with Gasteiger partial charge in [0.05, 0.1) is 5.56 Å². The zero-order valence-corrected chi connectivity index (χ0v) is 13.5. The first-order valence-corrected chi connectivity index (χ1v) is 7.22. The molecule has 0 amide bonds. The zero-order chi connectivity index (χ0) is 16.4. The van der Waals surface area contributed by atoms with Crippen LogP contribution in [-0.2, 0) is 6.18 Å². The maximum Gasteiger partial charge on any atom is 0.417 e. The van der Waals surface area contributed by atoms with Gasteiger partial charge in [0, 0.05) is 23.8 Å². The topological polar surface area (TPSA) is 29.3 Å². The average Bonchev–Trinajstić information content (AvgIpc) is 2.33. The third kappa shape index (κ3) is 4.59. The van der Waals surface area contributed by atoms with Crippen LogP contribution in [0, 0.1) is 5.92 Å². The molecule has 1 aromatic carbocycles. The number of halogens is 3. The zero-order valence-electron chi connectivity index (χ0n) is 12.7. The molecular formula is C15H21F3N2S. The SMILES string of the molecule is CC(C)CN(c1ccc(C(F)(F)F)c(C(N)=S)c1)C(C)C. The van der Waals surface area contributed by atoms with E-state index in [-0.39, 0.29) is 16.6 Å². The number of rotatable bonds is 5. The predicted octanol–water partition coefficient (Wildman–Crippen LogP) is 4.21. The van der Waals surface area contributed by atoms with Crippen LogP contribution in [0.3, 0.4) is 0 Å². The molecule has 0 aliphatic rings. The fraction of sp³-hybridized carbons (Fsp3) is 0.533. The van der Waals surface area contributed by atoms with Gasteiger partial charge < -0.3 is 10.6 Å². The van der Waals surface area contributed by atoms with Crippen molar-refractivity contribution in [3.63, 3.8) is 0 Å². The molecule has 0 heterocycles. The normalized spacial score (nSPS) is 12.0. The summed E-state index contributed by atoms with van der Waals surface area (Å²) in [6, 6.07) is 4.14. The molecule has 0 bridgehead atoms. The van der Waals surface area contributed by atoms with Gasteiger partial charge in [-0.3, -0.25) is 0 Å². The molecule has 1 aromatic rings. The average molecular weight is 318 g/mol. The minimum absolute atomic E-state index is 0.121. The number of anilines is 1. The smallest absolute Gasteiger partial charge is 0.389 e. The van der Waals surface area contributed by atoms with E-state index < -0.39 is 11.7 Å². The molecule has 0 aliphatic carbocycles. The molecule has 0 spiro atoms. The van der Waals surface area contributed by atoms with Gasteiger partial charge in [0.2, 0.25) is 0 Å². The van der Waals surface area contributed by atoms with Crippen LogP contribution in [-0.4, -0.2) is 17.6 Å². The van der Waals surface area contributed by atoms with Crippen LogP contribution >= 0.6 is 12.2 Å². The van der Waals surface area contributed by atoms with Crippen molar-refractivity contribution in [2.75, 3.05) is 11.4 Å². The standard InChI is InChI=1S/C15H21F3N2S/c1-9(2)8-20(10(3)4)11-5-6-13(15(16,17)18)12(7-11)14(19)21/h5-7,9-10H,8H2,1-4H3,(H2,19,21). The number of benzene rings is 1. The van der Waals surface area contributed by atoms with E-state index in [0.29, 0.717) is 11.6 Å². The van der Waals surface area contributed by atoms with Crippen LogP contribution in [0.2, 0.25) is 0 Å². The van der Waals surface area contributed by atoms with Crippen LogP contribution in [0.15, 0.2) is 18.2 Å². The summed E-state index contributed by atoms with van der Waals surface area (Å²) in [5.74, 6) is 0.392. The van der Waals surface area contributed by atoms with Gasteiger partial charge >= 0.3 is 6.18 Å². The molecule has 0 fully saturated rings. The van der Waals surface area contributed by atoms with Gasteiger partial charge in [-0.1, -0.05) is 26.1 Å². The molecule has 118 valence electrons. The van der Waals surface area contributed by atoms with Crippen LogP contribution in [0.1, 0.15) is 38.8 Å². The van der Waals surface area contributed by atoms with E-state index >= 15 is 0 Å². The maximum absolute atomic E-state index is 13.0. The number of hydrogen-bond donors (Lipinski definition) is 1. The molecule has 0 saturated carbocycles. The van der Waals surface area contributed by atoms with Crippen molar-refractivity contribution in [3.05, 3.63) is 29.3 Å². The largest absolute Gasteiger partial charge is 0.417 e. The summed E-state index contributed by atoms with van der Waals surface area (Å²) in [5.41, 5.74) is 5.27. The van der Waals surface area contributed by atoms with Gasteiger partial charge in [-0.15, -0.1) is 0 Å². The van der Waals surface area contributed by atoms with Crippen molar-refractivity contribution in [2.24, 2.45) is 11.7 Å². The van der Waals surface area contributed by atoms with E-state index in [9.17, 15) is 13.2 Å². The quantitative estimate of drug-likeness (QED) is 0.825. The lowest BCUT2D eigenvalue weighted by Crippen LogP contribution is -2.34. The van der Waals surface area contributed by atoms with E-state index in [1.54, 1.807) is 0 Å². The van der Waals surface area contributed by atoms with Crippen molar-refractivity contribution in [1.82, 2.24) is 0 Å². The minimum Gasteiger partial charge on any atom is -0.389 e. The molecule has 0 aromatic heterocycles. The third-order valence-corrected chi connectivity index (χ3v) is 3.31. The lowest BCUT2D eigenvalue weighted by Gasteiger charge is -2.31. The highest BCUT2D eigenvalue weighted by Gasteiger charge is 2.34. The van der Waals surface area contributed by atoms with Crippen LogP contribution in [0.5, 0.6) is 0 Å². The van der Waals surface area contributed by atoms with Gasteiger partial charge in [-0.05, 0) is 38.0 Å². The Labute approximate surface area is 129 Å². The van der Waals surface area contributed by atoms with Gasteiger partial charge in [0.15, 0.2) is 0 Å².